The molecule has 0 heterocycles. The van der Waals surface area contributed by atoms with Crippen molar-refractivity contribution < 1.29 is 14.7 Å². The lowest BCUT2D eigenvalue weighted by atomic mass is 10.0. The Morgan fingerprint density at radius 1 is 1.12 bits per heavy atom. The Hall–Kier alpha value is -1.64. The highest BCUT2D eigenvalue weighted by atomic mass is 16.4. The second-order valence-electron chi connectivity index (χ2n) is 3.85. The molecule has 0 amide bonds. The molecule has 0 bridgehead atoms. The van der Waals surface area contributed by atoms with Crippen LogP contribution in [0.15, 0.2) is 24.3 Å². The standard InChI is InChI=1S/C13H16O3/c1-10(14)12-8-6-11(7-9-12)4-2-3-5-13(15)16/h6-9H,2-5H2,1H3,(H,15,16). The minimum atomic E-state index is -0.744. The number of unbranched alkanes of at least 4 members (excludes halogenated alkanes) is 1. The van der Waals surface area contributed by atoms with Crippen LogP contribution in [0.2, 0.25) is 0 Å². The van der Waals surface area contributed by atoms with E-state index in [2.05, 4.69) is 0 Å². The summed E-state index contributed by atoms with van der Waals surface area (Å²) < 4.78 is 0. The Labute approximate surface area is 95.1 Å². The predicted molar refractivity (Wildman–Crippen MR) is 61.6 cm³/mol. The van der Waals surface area contributed by atoms with Crippen molar-refractivity contribution in [2.24, 2.45) is 0 Å². The smallest absolute Gasteiger partial charge is 0.303 e. The zero-order valence-corrected chi connectivity index (χ0v) is 9.40. The molecule has 0 radical (unpaired) electrons. The number of carboxylic acids is 1. The van der Waals surface area contributed by atoms with Gasteiger partial charge in [0.25, 0.3) is 0 Å². The van der Waals surface area contributed by atoms with Gasteiger partial charge in [-0.15, -0.1) is 0 Å². The Kier molecular flexibility index (Phi) is 4.70. The third-order valence-corrected chi connectivity index (χ3v) is 2.47. The predicted octanol–water partition coefficient (Wildman–Crippen LogP) is 2.69. The molecule has 0 aromatic heterocycles. The van der Waals surface area contributed by atoms with Gasteiger partial charge in [-0.25, -0.2) is 0 Å². The molecule has 3 nitrogen and oxygen atoms in total. The highest BCUT2D eigenvalue weighted by Crippen LogP contribution is 2.09. The number of rotatable bonds is 6. The first-order valence-corrected chi connectivity index (χ1v) is 5.41. The van der Waals surface area contributed by atoms with E-state index >= 15 is 0 Å². The molecule has 0 unspecified atom stereocenters. The highest BCUT2D eigenvalue weighted by Gasteiger charge is 2.00. The Morgan fingerprint density at radius 2 is 1.75 bits per heavy atom. The van der Waals surface area contributed by atoms with Crippen LogP contribution >= 0.6 is 0 Å². The summed E-state index contributed by atoms with van der Waals surface area (Å²) in [5, 5.41) is 8.47. The summed E-state index contributed by atoms with van der Waals surface area (Å²) >= 11 is 0. The topological polar surface area (TPSA) is 54.4 Å². The molecule has 0 fully saturated rings. The molecule has 0 spiro atoms. The van der Waals surface area contributed by atoms with Crippen molar-refractivity contribution in [2.45, 2.75) is 32.6 Å². The van der Waals surface area contributed by atoms with E-state index in [1.54, 1.807) is 6.92 Å². The third-order valence-electron chi connectivity index (χ3n) is 2.47. The van der Waals surface area contributed by atoms with Gasteiger partial charge in [0.1, 0.15) is 0 Å². The number of hydrogen-bond donors (Lipinski definition) is 1. The molecule has 86 valence electrons. The summed E-state index contributed by atoms with van der Waals surface area (Å²) in [6.07, 6.45) is 2.66. The van der Waals surface area contributed by atoms with Crippen LogP contribution in [0.1, 0.15) is 42.1 Å². The number of Topliss-reactive ketones (excluding diaryl/α,β-unsaturated/α-hetero) is 1. The lowest BCUT2D eigenvalue weighted by molar-refractivity contribution is -0.137. The monoisotopic (exact) mass is 220 g/mol. The first-order valence-electron chi connectivity index (χ1n) is 5.41. The molecule has 16 heavy (non-hydrogen) atoms. The summed E-state index contributed by atoms with van der Waals surface area (Å²) in [5.74, 6) is -0.677. The van der Waals surface area contributed by atoms with E-state index in [9.17, 15) is 9.59 Å². The molecule has 0 aliphatic heterocycles. The minimum absolute atomic E-state index is 0.0671. The largest absolute Gasteiger partial charge is 0.481 e. The van der Waals surface area contributed by atoms with Gasteiger partial charge in [0, 0.05) is 12.0 Å². The van der Waals surface area contributed by atoms with Gasteiger partial charge in [-0.3, -0.25) is 9.59 Å². The molecule has 0 aliphatic rings. The zero-order chi connectivity index (χ0) is 12.0. The molecule has 3 heteroatoms. The highest BCUT2D eigenvalue weighted by molar-refractivity contribution is 5.93. The number of aliphatic carboxylic acids is 1. The van der Waals surface area contributed by atoms with Crippen LogP contribution in [-0.4, -0.2) is 16.9 Å². The fraction of sp³-hybridized carbons (Fsp3) is 0.385. The molecule has 0 aliphatic carbocycles. The summed E-state index contributed by atoms with van der Waals surface area (Å²) in [4.78, 5) is 21.3. The lowest BCUT2D eigenvalue weighted by Gasteiger charge is -2.01. The Bertz CT molecular complexity index is 365. The fourth-order valence-corrected chi connectivity index (χ4v) is 1.51. The Morgan fingerprint density at radius 3 is 2.25 bits per heavy atom. The van der Waals surface area contributed by atoms with E-state index in [4.69, 9.17) is 5.11 Å². The summed E-state index contributed by atoms with van der Waals surface area (Å²) in [6, 6.07) is 7.48. The van der Waals surface area contributed by atoms with Crippen molar-refractivity contribution in [3.05, 3.63) is 35.4 Å². The molecule has 0 saturated carbocycles. The minimum Gasteiger partial charge on any atom is -0.481 e. The number of ketones is 1. The molecule has 1 aromatic carbocycles. The van der Waals surface area contributed by atoms with Crippen LogP contribution in [0.4, 0.5) is 0 Å². The number of carbonyl (C=O) groups excluding carboxylic acids is 1. The van der Waals surface area contributed by atoms with E-state index in [1.807, 2.05) is 24.3 Å². The van der Waals surface area contributed by atoms with Crippen LogP contribution in [0.25, 0.3) is 0 Å². The first-order chi connectivity index (χ1) is 7.59. The third kappa shape index (κ3) is 4.26. The van der Waals surface area contributed by atoms with Gasteiger partial charge in [0.2, 0.25) is 0 Å². The summed E-state index contributed by atoms with van der Waals surface area (Å²) in [6.45, 7) is 1.54. The van der Waals surface area contributed by atoms with E-state index in [-0.39, 0.29) is 12.2 Å². The molecule has 0 saturated heterocycles. The second-order valence-corrected chi connectivity index (χ2v) is 3.85. The number of aryl methyl sites for hydroxylation is 1. The molecular weight excluding hydrogens is 204 g/mol. The van der Waals surface area contributed by atoms with E-state index < -0.39 is 5.97 Å². The average Bonchev–Trinajstić information content (AvgIpc) is 2.25. The van der Waals surface area contributed by atoms with E-state index in [0.717, 1.165) is 18.4 Å². The van der Waals surface area contributed by atoms with Crippen molar-refractivity contribution in [1.29, 1.82) is 0 Å². The normalized spacial score (nSPS) is 10.1. The van der Waals surface area contributed by atoms with Crippen molar-refractivity contribution in [1.82, 2.24) is 0 Å². The van der Waals surface area contributed by atoms with Gasteiger partial charge in [0.15, 0.2) is 5.78 Å². The van der Waals surface area contributed by atoms with E-state index in [0.29, 0.717) is 12.0 Å². The van der Waals surface area contributed by atoms with Crippen LogP contribution < -0.4 is 0 Å². The summed E-state index contributed by atoms with van der Waals surface area (Å²) in [5.41, 5.74) is 1.87. The molecule has 1 aromatic rings. The van der Waals surface area contributed by atoms with Gasteiger partial charge in [-0.05, 0) is 31.7 Å². The number of carboxylic acid groups (broad SMARTS) is 1. The number of carbonyl (C=O) groups is 2. The second kappa shape index (κ2) is 6.05. The maximum atomic E-state index is 11.0. The van der Waals surface area contributed by atoms with Gasteiger partial charge >= 0.3 is 5.97 Å². The molecule has 0 atom stereocenters. The quantitative estimate of drug-likeness (QED) is 0.592. The number of benzene rings is 1. The van der Waals surface area contributed by atoms with Crippen LogP contribution in [0.5, 0.6) is 0 Å². The van der Waals surface area contributed by atoms with Gasteiger partial charge in [-0.2, -0.15) is 0 Å². The van der Waals surface area contributed by atoms with Crippen molar-refractivity contribution in [2.75, 3.05) is 0 Å². The molecular formula is C13H16O3. The maximum absolute atomic E-state index is 11.0. The van der Waals surface area contributed by atoms with Crippen LogP contribution in [0, 0.1) is 0 Å². The maximum Gasteiger partial charge on any atom is 0.303 e. The fourth-order valence-electron chi connectivity index (χ4n) is 1.51. The van der Waals surface area contributed by atoms with Crippen molar-refractivity contribution in [3.8, 4) is 0 Å². The van der Waals surface area contributed by atoms with Gasteiger partial charge in [0.05, 0.1) is 0 Å². The average molecular weight is 220 g/mol. The van der Waals surface area contributed by atoms with Crippen LogP contribution in [-0.2, 0) is 11.2 Å². The van der Waals surface area contributed by atoms with Gasteiger partial charge in [-0.1, -0.05) is 24.3 Å². The van der Waals surface area contributed by atoms with Crippen molar-refractivity contribution >= 4 is 11.8 Å². The SMILES string of the molecule is CC(=O)c1ccc(CCCCC(=O)O)cc1. The van der Waals surface area contributed by atoms with Crippen molar-refractivity contribution in [3.63, 3.8) is 0 Å². The Balaban J connectivity index is 2.38. The van der Waals surface area contributed by atoms with E-state index in [1.165, 1.54) is 0 Å². The van der Waals surface area contributed by atoms with Gasteiger partial charge < -0.3 is 5.11 Å². The zero-order valence-electron chi connectivity index (χ0n) is 9.40. The van der Waals surface area contributed by atoms with Crippen LogP contribution in [0.3, 0.4) is 0 Å². The molecule has 1 N–H and O–H groups in total. The number of hydrogen-bond acceptors (Lipinski definition) is 2. The lowest BCUT2D eigenvalue weighted by Crippen LogP contribution is -1.95. The molecule has 1 rings (SSSR count). The first kappa shape index (κ1) is 12.4. The summed E-state index contributed by atoms with van der Waals surface area (Å²) in [7, 11) is 0.